The number of nitrogens with one attached hydrogen (secondary N) is 2. The highest BCUT2D eigenvalue weighted by molar-refractivity contribution is 5.93. The van der Waals surface area contributed by atoms with E-state index in [0.717, 1.165) is 24.7 Å². The Morgan fingerprint density at radius 3 is 2.78 bits per heavy atom. The number of carbonyl (C=O) groups excluding carboxylic acids is 1. The Balaban J connectivity index is 1.76. The van der Waals surface area contributed by atoms with Gasteiger partial charge in [0.2, 0.25) is 0 Å². The lowest BCUT2D eigenvalue weighted by Gasteiger charge is -2.09. The van der Waals surface area contributed by atoms with Gasteiger partial charge >= 0.3 is 0 Å². The first-order valence-corrected chi connectivity index (χ1v) is 6.71. The lowest BCUT2D eigenvalue weighted by Crippen LogP contribution is -2.25. The van der Waals surface area contributed by atoms with Crippen molar-refractivity contribution in [2.75, 3.05) is 18.9 Å². The van der Waals surface area contributed by atoms with E-state index in [-0.39, 0.29) is 5.91 Å². The smallest absolute Gasteiger partial charge is 0.252 e. The van der Waals surface area contributed by atoms with E-state index >= 15 is 0 Å². The van der Waals surface area contributed by atoms with Crippen molar-refractivity contribution in [1.82, 2.24) is 10.3 Å². The number of nitrogens with zero attached hydrogens (tertiary/aromatic N) is 1. The fraction of sp³-hybridized carbons (Fsp3) is 0.571. The number of amides is 1. The monoisotopic (exact) mass is 247 g/mol. The molecule has 0 radical (unpaired) electrons. The Hall–Kier alpha value is -1.58. The molecule has 0 spiro atoms. The van der Waals surface area contributed by atoms with Crippen LogP contribution in [0.4, 0.5) is 5.82 Å². The second-order valence-electron chi connectivity index (χ2n) is 4.88. The lowest BCUT2D eigenvalue weighted by atomic mass is 10.0. The Kier molecular flexibility index (Phi) is 4.56. The summed E-state index contributed by atoms with van der Waals surface area (Å²) in [5.41, 5.74) is 0.625. The maximum absolute atomic E-state index is 11.8. The van der Waals surface area contributed by atoms with Gasteiger partial charge in [0, 0.05) is 19.8 Å². The van der Waals surface area contributed by atoms with Gasteiger partial charge in [0.25, 0.3) is 5.91 Å². The average molecular weight is 247 g/mol. The van der Waals surface area contributed by atoms with Crippen molar-refractivity contribution in [2.45, 2.75) is 32.1 Å². The van der Waals surface area contributed by atoms with Gasteiger partial charge in [-0.25, -0.2) is 4.98 Å². The van der Waals surface area contributed by atoms with Crippen LogP contribution in [0.25, 0.3) is 0 Å². The van der Waals surface area contributed by atoms with Crippen LogP contribution in [0.1, 0.15) is 42.5 Å². The van der Waals surface area contributed by atoms with Gasteiger partial charge in [0.15, 0.2) is 0 Å². The third-order valence-corrected chi connectivity index (χ3v) is 3.59. The van der Waals surface area contributed by atoms with Gasteiger partial charge in [0.1, 0.15) is 5.82 Å². The quantitative estimate of drug-likeness (QED) is 0.840. The average Bonchev–Trinajstić information content (AvgIpc) is 2.92. The number of pyridine rings is 1. The van der Waals surface area contributed by atoms with Gasteiger partial charge in [-0.2, -0.15) is 0 Å². The van der Waals surface area contributed by atoms with Crippen LogP contribution in [0.2, 0.25) is 0 Å². The highest BCUT2D eigenvalue weighted by Gasteiger charge is 2.14. The highest BCUT2D eigenvalue weighted by atomic mass is 16.1. The van der Waals surface area contributed by atoms with E-state index in [2.05, 4.69) is 15.6 Å². The molecular weight excluding hydrogens is 226 g/mol. The molecule has 1 aliphatic carbocycles. The molecule has 0 unspecified atom stereocenters. The summed E-state index contributed by atoms with van der Waals surface area (Å²) in [7, 11) is 1.81. The Bertz CT molecular complexity index is 383. The number of hydrogen-bond acceptors (Lipinski definition) is 3. The topological polar surface area (TPSA) is 54.0 Å². The lowest BCUT2D eigenvalue weighted by molar-refractivity contribution is 0.0951. The van der Waals surface area contributed by atoms with E-state index in [1.807, 2.05) is 13.1 Å². The molecule has 0 aliphatic heterocycles. The summed E-state index contributed by atoms with van der Waals surface area (Å²) in [6, 6.07) is 3.61. The van der Waals surface area contributed by atoms with E-state index in [0.29, 0.717) is 5.56 Å². The van der Waals surface area contributed by atoms with E-state index in [1.165, 1.54) is 25.7 Å². The second-order valence-corrected chi connectivity index (χ2v) is 4.88. The molecular formula is C14H21N3O. The first-order chi connectivity index (χ1) is 8.79. The molecule has 4 heteroatoms. The van der Waals surface area contributed by atoms with Crippen molar-refractivity contribution < 1.29 is 4.79 Å². The van der Waals surface area contributed by atoms with Crippen molar-refractivity contribution in [2.24, 2.45) is 5.92 Å². The third-order valence-electron chi connectivity index (χ3n) is 3.59. The number of aromatic nitrogens is 1. The third kappa shape index (κ3) is 3.45. The predicted molar refractivity (Wildman–Crippen MR) is 72.7 cm³/mol. The SMILES string of the molecule is CNc1ccc(C(=O)NCCC2CCCC2)cn1. The first kappa shape index (κ1) is 12.9. The van der Waals surface area contributed by atoms with Crippen molar-refractivity contribution in [3.05, 3.63) is 23.9 Å². The molecule has 1 aromatic rings. The summed E-state index contributed by atoms with van der Waals surface area (Å²) >= 11 is 0. The standard InChI is InChI=1S/C14H21N3O/c1-15-13-7-6-12(10-17-13)14(18)16-9-8-11-4-2-3-5-11/h6-7,10-11H,2-5,8-9H2,1H3,(H,15,17)(H,16,18). The van der Waals surface area contributed by atoms with Crippen LogP contribution in [-0.4, -0.2) is 24.5 Å². The molecule has 4 nitrogen and oxygen atoms in total. The summed E-state index contributed by atoms with van der Waals surface area (Å²) in [5.74, 6) is 1.57. The number of rotatable bonds is 5. The Morgan fingerprint density at radius 2 is 2.17 bits per heavy atom. The van der Waals surface area contributed by atoms with Crippen molar-refractivity contribution in [3.8, 4) is 0 Å². The summed E-state index contributed by atoms with van der Waals surface area (Å²) < 4.78 is 0. The molecule has 1 aromatic heterocycles. The molecule has 2 N–H and O–H groups in total. The molecule has 98 valence electrons. The van der Waals surface area contributed by atoms with E-state index < -0.39 is 0 Å². The molecule has 18 heavy (non-hydrogen) atoms. The van der Waals surface area contributed by atoms with Gasteiger partial charge in [-0.3, -0.25) is 4.79 Å². The predicted octanol–water partition coefficient (Wildman–Crippen LogP) is 2.43. The fourth-order valence-electron chi connectivity index (χ4n) is 2.47. The molecule has 1 fully saturated rings. The largest absolute Gasteiger partial charge is 0.373 e. The molecule has 1 saturated carbocycles. The van der Waals surface area contributed by atoms with Crippen molar-refractivity contribution >= 4 is 11.7 Å². The van der Waals surface area contributed by atoms with Crippen LogP contribution in [0, 0.1) is 5.92 Å². The van der Waals surface area contributed by atoms with Crippen LogP contribution in [0.3, 0.4) is 0 Å². The van der Waals surface area contributed by atoms with Gasteiger partial charge < -0.3 is 10.6 Å². The Labute approximate surface area is 108 Å². The molecule has 0 atom stereocenters. The van der Waals surface area contributed by atoms with Gasteiger partial charge in [-0.05, 0) is 24.5 Å². The van der Waals surface area contributed by atoms with Crippen molar-refractivity contribution in [1.29, 1.82) is 0 Å². The summed E-state index contributed by atoms with van der Waals surface area (Å²) in [6.07, 6.45) is 8.08. The zero-order valence-corrected chi connectivity index (χ0v) is 10.9. The minimum Gasteiger partial charge on any atom is -0.373 e. The second kappa shape index (κ2) is 6.38. The van der Waals surface area contributed by atoms with Crippen LogP contribution in [-0.2, 0) is 0 Å². The molecule has 1 aliphatic rings. The summed E-state index contributed by atoms with van der Waals surface area (Å²) in [4.78, 5) is 16.0. The van der Waals surface area contributed by atoms with Crippen LogP contribution in [0.15, 0.2) is 18.3 Å². The fourth-order valence-corrected chi connectivity index (χ4v) is 2.47. The summed E-state index contributed by atoms with van der Waals surface area (Å²) in [6.45, 7) is 0.775. The normalized spacial score (nSPS) is 15.6. The first-order valence-electron chi connectivity index (χ1n) is 6.71. The van der Waals surface area contributed by atoms with E-state index in [9.17, 15) is 4.79 Å². The zero-order valence-electron chi connectivity index (χ0n) is 10.9. The van der Waals surface area contributed by atoms with Gasteiger partial charge in [-0.15, -0.1) is 0 Å². The maximum Gasteiger partial charge on any atom is 0.252 e. The molecule has 2 rings (SSSR count). The summed E-state index contributed by atoms with van der Waals surface area (Å²) in [5, 5.41) is 5.89. The Morgan fingerprint density at radius 1 is 1.39 bits per heavy atom. The van der Waals surface area contributed by atoms with Gasteiger partial charge in [-0.1, -0.05) is 25.7 Å². The van der Waals surface area contributed by atoms with Crippen LogP contribution < -0.4 is 10.6 Å². The molecule has 1 amide bonds. The number of hydrogen-bond donors (Lipinski definition) is 2. The van der Waals surface area contributed by atoms with Gasteiger partial charge in [0.05, 0.1) is 5.56 Å². The van der Waals surface area contributed by atoms with Crippen LogP contribution in [0.5, 0.6) is 0 Å². The van der Waals surface area contributed by atoms with Crippen molar-refractivity contribution in [3.63, 3.8) is 0 Å². The molecule has 0 bridgehead atoms. The minimum absolute atomic E-state index is 0.0249. The van der Waals surface area contributed by atoms with E-state index in [4.69, 9.17) is 0 Å². The van der Waals surface area contributed by atoms with Crippen LogP contribution >= 0.6 is 0 Å². The number of anilines is 1. The minimum atomic E-state index is -0.0249. The molecule has 0 aromatic carbocycles. The zero-order chi connectivity index (χ0) is 12.8. The van der Waals surface area contributed by atoms with E-state index in [1.54, 1.807) is 12.3 Å². The molecule has 1 heterocycles. The highest BCUT2D eigenvalue weighted by Crippen LogP contribution is 2.26. The molecule has 0 saturated heterocycles. The number of carbonyl (C=O) groups is 1. The maximum atomic E-state index is 11.8.